The van der Waals surface area contributed by atoms with E-state index < -0.39 is 0 Å². The second-order valence-corrected chi connectivity index (χ2v) is 6.63. The van der Waals surface area contributed by atoms with Gasteiger partial charge in [0.05, 0.1) is 13.2 Å². The number of rotatable bonds is 8. The lowest BCUT2D eigenvalue weighted by Gasteiger charge is -2.26. The molecule has 2 aromatic rings. The van der Waals surface area contributed by atoms with Crippen molar-refractivity contribution in [3.63, 3.8) is 0 Å². The van der Waals surface area contributed by atoms with Gasteiger partial charge in [0.2, 0.25) is 0 Å². The summed E-state index contributed by atoms with van der Waals surface area (Å²) in [6.07, 6.45) is 2.23. The van der Waals surface area contributed by atoms with Crippen LogP contribution in [0, 0.1) is 0 Å². The van der Waals surface area contributed by atoms with Crippen molar-refractivity contribution in [1.29, 1.82) is 0 Å². The lowest BCUT2D eigenvalue weighted by Crippen LogP contribution is -2.41. The van der Waals surface area contributed by atoms with Crippen molar-refractivity contribution in [2.75, 3.05) is 45.9 Å². The largest absolute Gasteiger partial charge is 0.379 e. The Kier molecular flexibility index (Phi) is 7.52. The molecule has 3 rings (SSSR count). The number of hydrogen-bond acceptors (Lipinski definition) is 5. The summed E-state index contributed by atoms with van der Waals surface area (Å²) in [5, 5.41) is 5.74. The van der Waals surface area contributed by atoms with Gasteiger partial charge in [-0.05, 0) is 24.1 Å². The number of nitrogens with zero attached hydrogens (tertiary/aromatic N) is 2. The molecule has 148 valence electrons. The Bertz CT molecular complexity index is 776. The van der Waals surface area contributed by atoms with E-state index in [9.17, 15) is 9.59 Å². The van der Waals surface area contributed by atoms with E-state index >= 15 is 0 Å². The van der Waals surface area contributed by atoms with Crippen molar-refractivity contribution in [2.24, 2.45) is 0 Å². The molecular weight excluding hydrogens is 356 g/mol. The van der Waals surface area contributed by atoms with Crippen LogP contribution in [0.1, 0.15) is 26.4 Å². The Morgan fingerprint density at radius 3 is 2.54 bits per heavy atom. The van der Waals surface area contributed by atoms with E-state index in [-0.39, 0.29) is 17.5 Å². The SMILES string of the molecule is O=C(NCCN1CCOCC1)c1ccnc(C(=O)NCCc2ccccc2)c1. The summed E-state index contributed by atoms with van der Waals surface area (Å²) >= 11 is 0. The average molecular weight is 382 g/mol. The van der Waals surface area contributed by atoms with Gasteiger partial charge in [-0.25, -0.2) is 0 Å². The molecule has 2 N–H and O–H groups in total. The third-order valence-electron chi connectivity index (χ3n) is 4.61. The first kappa shape index (κ1) is 20.0. The van der Waals surface area contributed by atoms with Gasteiger partial charge in [0.1, 0.15) is 5.69 Å². The minimum Gasteiger partial charge on any atom is -0.379 e. The van der Waals surface area contributed by atoms with Gasteiger partial charge in [0, 0.05) is 44.5 Å². The van der Waals surface area contributed by atoms with Crippen LogP contribution in [0.4, 0.5) is 0 Å². The predicted molar refractivity (Wildman–Crippen MR) is 106 cm³/mol. The second kappa shape index (κ2) is 10.5. The van der Waals surface area contributed by atoms with Crippen LogP contribution in [0.15, 0.2) is 48.7 Å². The van der Waals surface area contributed by atoms with Gasteiger partial charge in [0.15, 0.2) is 0 Å². The highest BCUT2D eigenvalue weighted by Crippen LogP contribution is 2.03. The molecule has 1 aromatic heterocycles. The molecule has 1 aliphatic heterocycles. The molecule has 1 aliphatic rings. The second-order valence-electron chi connectivity index (χ2n) is 6.63. The van der Waals surface area contributed by atoms with Gasteiger partial charge >= 0.3 is 0 Å². The first-order valence-corrected chi connectivity index (χ1v) is 9.59. The number of carbonyl (C=O) groups excluding carboxylic acids is 2. The molecule has 0 bridgehead atoms. The zero-order chi connectivity index (χ0) is 19.6. The maximum absolute atomic E-state index is 12.3. The number of benzene rings is 1. The van der Waals surface area contributed by atoms with Crippen LogP contribution in [0.2, 0.25) is 0 Å². The van der Waals surface area contributed by atoms with Gasteiger partial charge in [-0.2, -0.15) is 0 Å². The van der Waals surface area contributed by atoms with E-state index in [2.05, 4.69) is 20.5 Å². The molecule has 0 spiro atoms. The number of amides is 2. The van der Waals surface area contributed by atoms with E-state index in [1.165, 1.54) is 12.3 Å². The van der Waals surface area contributed by atoms with E-state index in [0.717, 1.165) is 44.8 Å². The molecule has 0 radical (unpaired) electrons. The highest BCUT2D eigenvalue weighted by Gasteiger charge is 2.13. The molecule has 0 aliphatic carbocycles. The Hall–Kier alpha value is -2.77. The molecular formula is C21H26N4O3. The minimum atomic E-state index is -0.279. The first-order valence-electron chi connectivity index (χ1n) is 9.59. The third-order valence-corrected chi connectivity index (χ3v) is 4.61. The standard InChI is InChI=1S/C21H26N4O3/c26-20(24-10-11-25-12-14-28-15-13-25)18-7-9-22-19(16-18)21(27)23-8-6-17-4-2-1-3-5-17/h1-5,7,9,16H,6,8,10-15H2,(H,23,27)(H,24,26). The van der Waals surface area contributed by atoms with Crippen LogP contribution in [0.5, 0.6) is 0 Å². The molecule has 0 unspecified atom stereocenters. The minimum absolute atomic E-state index is 0.200. The molecule has 0 saturated carbocycles. The zero-order valence-electron chi connectivity index (χ0n) is 15.9. The van der Waals surface area contributed by atoms with Crippen molar-refractivity contribution in [3.8, 4) is 0 Å². The Morgan fingerprint density at radius 1 is 1.00 bits per heavy atom. The van der Waals surface area contributed by atoms with Crippen LogP contribution in [0.25, 0.3) is 0 Å². The van der Waals surface area contributed by atoms with Crippen molar-refractivity contribution < 1.29 is 14.3 Å². The fourth-order valence-electron chi connectivity index (χ4n) is 3.01. The number of nitrogens with one attached hydrogen (secondary N) is 2. The van der Waals surface area contributed by atoms with Crippen molar-refractivity contribution in [1.82, 2.24) is 20.5 Å². The summed E-state index contributed by atoms with van der Waals surface area (Å²) in [5.41, 5.74) is 1.84. The van der Waals surface area contributed by atoms with E-state index in [4.69, 9.17) is 4.74 Å². The molecule has 1 fully saturated rings. The Balaban J connectivity index is 1.45. The smallest absolute Gasteiger partial charge is 0.269 e. The van der Waals surface area contributed by atoms with Gasteiger partial charge in [0.25, 0.3) is 11.8 Å². The number of morpholine rings is 1. The summed E-state index contributed by atoms with van der Waals surface area (Å²) in [6.45, 7) is 5.10. The lowest BCUT2D eigenvalue weighted by atomic mass is 10.1. The number of carbonyl (C=O) groups is 2. The van der Waals surface area contributed by atoms with Gasteiger partial charge < -0.3 is 15.4 Å². The summed E-state index contributed by atoms with van der Waals surface area (Å²) in [7, 11) is 0. The molecule has 2 amide bonds. The summed E-state index contributed by atoms with van der Waals surface area (Å²) < 4.78 is 5.31. The van der Waals surface area contributed by atoms with Crippen molar-refractivity contribution >= 4 is 11.8 Å². The molecule has 7 nitrogen and oxygen atoms in total. The number of ether oxygens (including phenoxy) is 1. The normalized spacial score (nSPS) is 14.4. The molecule has 7 heteroatoms. The lowest BCUT2D eigenvalue weighted by molar-refractivity contribution is 0.0383. The van der Waals surface area contributed by atoms with Gasteiger partial charge in [-0.3, -0.25) is 19.5 Å². The monoisotopic (exact) mass is 382 g/mol. The van der Waals surface area contributed by atoms with Crippen molar-refractivity contribution in [3.05, 3.63) is 65.5 Å². The summed E-state index contributed by atoms with van der Waals surface area (Å²) in [5.74, 6) is -0.479. The number of pyridine rings is 1. The summed E-state index contributed by atoms with van der Waals surface area (Å²) in [4.78, 5) is 31.0. The first-order chi connectivity index (χ1) is 13.7. The highest BCUT2D eigenvalue weighted by atomic mass is 16.5. The van der Waals surface area contributed by atoms with Crippen molar-refractivity contribution in [2.45, 2.75) is 6.42 Å². The van der Waals surface area contributed by atoms with Crippen LogP contribution < -0.4 is 10.6 Å². The maximum Gasteiger partial charge on any atom is 0.269 e. The molecule has 2 heterocycles. The summed E-state index contributed by atoms with van der Waals surface area (Å²) in [6, 6.07) is 13.1. The van der Waals surface area contributed by atoms with E-state index in [1.54, 1.807) is 6.07 Å². The molecule has 1 aromatic carbocycles. The Morgan fingerprint density at radius 2 is 1.75 bits per heavy atom. The average Bonchev–Trinajstić information content (AvgIpc) is 2.75. The fraction of sp³-hybridized carbons (Fsp3) is 0.381. The molecule has 1 saturated heterocycles. The quantitative estimate of drug-likeness (QED) is 0.715. The van der Waals surface area contributed by atoms with Crippen LogP contribution >= 0.6 is 0 Å². The third kappa shape index (κ3) is 6.14. The van der Waals surface area contributed by atoms with E-state index in [1.807, 2.05) is 30.3 Å². The number of hydrogen-bond donors (Lipinski definition) is 2. The van der Waals surface area contributed by atoms with E-state index in [0.29, 0.717) is 18.7 Å². The highest BCUT2D eigenvalue weighted by molar-refractivity contribution is 5.98. The molecule has 28 heavy (non-hydrogen) atoms. The number of aromatic nitrogens is 1. The van der Waals surface area contributed by atoms with Crippen LogP contribution in [-0.2, 0) is 11.2 Å². The zero-order valence-corrected chi connectivity index (χ0v) is 15.9. The maximum atomic E-state index is 12.3. The van der Waals surface area contributed by atoms with Gasteiger partial charge in [-0.15, -0.1) is 0 Å². The van der Waals surface area contributed by atoms with Crippen LogP contribution in [-0.4, -0.2) is 67.6 Å². The Labute approximate surface area is 165 Å². The predicted octanol–water partition coefficient (Wildman–Crippen LogP) is 1.12. The van der Waals surface area contributed by atoms with Crippen LogP contribution in [0.3, 0.4) is 0 Å². The van der Waals surface area contributed by atoms with Gasteiger partial charge in [-0.1, -0.05) is 30.3 Å². The fourth-order valence-corrected chi connectivity index (χ4v) is 3.01. The topological polar surface area (TPSA) is 83.6 Å². The molecule has 0 atom stereocenters.